The van der Waals surface area contributed by atoms with E-state index in [2.05, 4.69) is 10.3 Å². The standard InChI is InChI=1S/C20H20FN3O2S/c1-12-11-24-17(13(2)22-20(24)27-12)6-8-19(25)23-16-4-3-9-26-18-7-5-14(21)10-15(16)18/h5-8,10-11,16H,3-4,9H2,1-2H3,(H,23,25). The Hall–Kier alpha value is -2.67. The van der Waals surface area contributed by atoms with E-state index in [0.29, 0.717) is 24.3 Å². The van der Waals surface area contributed by atoms with Gasteiger partial charge in [-0.25, -0.2) is 9.37 Å². The molecule has 0 saturated heterocycles. The van der Waals surface area contributed by atoms with Crippen molar-refractivity contribution in [1.82, 2.24) is 14.7 Å². The van der Waals surface area contributed by atoms with E-state index in [1.54, 1.807) is 23.5 Å². The van der Waals surface area contributed by atoms with E-state index in [1.165, 1.54) is 18.2 Å². The molecule has 7 heteroatoms. The lowest BCUT2D eigenvalue weighted by atomic mass is 10.0. The van der Waals surface area contributed by atoms with Gasteiger partial charge in [0.2, 0.25) is 5.91 Å². The number of aromatic nitrogens is 2. The zero-order valence-corrected chi connectivity index (χ0v) is 16.0. The van der Waals surface area contributed by atoms with E-state index < -0.39 is 0 Å². The molecule has 140 valence electrons. The molecule has 0 fully saturated rings. The molecule has 1 N–H and O–H groups in total. The Morgan fingerprint density at radius 1 is 1.44 bits per heavy atom. The summed E-state index contributed by atoms with van der Waals surface area (Å²) in [5.41, 5.74) is 2.45. The lowest BCUT2D eigenvalue weighted by Crippen LogP contribution is -2.26. The fraction of sp³-hybridized carbons (Fsp3) is 0.300. The predicted octanol–water partition coefficient (Wildman–Crippen LogP) is 4.20. The summed E-state index contributed by atoms with van der Waals surface area (Å²) in [6.07, 6.45) is 6.79. The monoisotopic (exact) mass is 385 g/mol. The van der Waals surface area contributed by atoms with Crippen molar-refractivity contribution < 1.29 is 13.9 Å². The SMILES string of the molecule is Cc1cn2c(C=CC(=O)NC3CCCOc4ccc(F)cc43)c(C)nc2s1. The van der Waals surface area contributed by atoms with Crippen LogP contribution >= 0.6 is 11.3 Å². The number of carbonyl (C=O) groups excluding carboxylic acids is 1. The Morgan fingerprint density at radius 3 is 3.15 bits per heavy atom. The van der Waals surface area contributed by atoms with Gasteiger partial charge in [-0.05, 0) is 51.0 Å². The molecule has 2 aromatic heterocycles. The molecule has 27 heavy (non-hydrogen) atoms. The second-order valence-corrected chi connectivity index (χ2v) is 7.86. The highest BCUT2D eigenvalue weighted by Gasteiger charge is 2.21. The molecule has 0 aliphatic carbocycles. The summed E-state index contributed by atoms with van der Waals surface area (Å²) in [5, 5.41) is 2.98. The van der Waals surface area contributed by atoms with Crippen LogP contribution < -0.4 is 10.1 Å². The predicted molar refractivity (Wildman–Crippen MR) is 104 cm³/mol. The van der Waals surface area contributed by atoms with E-state index in [0.717, 1.165) is 27.6 Å². The first-order valence-electron chi connectivity index (χ1n) is 8.87. The fourth-order valence-electron chi connectivity index (χ4n) is 3.35. The largest absolute Gasteiger partial charge is 0.493 e. The molecule has 3 aromatic rings. The number of fused-ring (bicyclic) bond motifs is 2. The number of hydrogen-bond donors (Lipinski definition) is 1. The zero-order chi connectivity index (χ0) is 19.0. The smallest absolute Gasteiger partial charge is 0.244 e. The van der Waals surface area contributed by atoms with Gasteiger partial charge in [-0.2, -0.15) is 0 Å². The molecule has 1 aliphatic heterocycles. The van der Waals surface area contributed by atoms with Crippen molar-refractivity contribution in [2.45, 2.75) is 32.7 Å². The molecular weight excluding hydrogens is 365 g/mol. The number of ether oxygens (including phenoxy) is 1. The van der Waals surface area contributed by atoms with Crippen molar-refractivity contribution in [3.05, 3.63) is 58.1 Å². The molecule has 3 heterocycles. The molecule has 4 rings (SSSR count). The maximum absolute atomic E-state index is 13.7. The van der Waals surface area contributed by atoms with Crippen LogP contribution in [-0.4, -0.2) is 21.9 Å². The molecule has 0 saturated carbocycles. The first kappa shape index (κ1) is 17.7. The lowest BCUT2D eigenvalue weighted by Gasteiger charge is -2.17. The third-order valence-corrected chi connectivity index (χ3v) is 5.51. The number of nitrogens with one attached hydrogen (secondary N) is 1. The quantitative estimate of drug-likeness (QED) is 0.688. The highest BCUT2D eigenvalue weighted by molar-refractivity contribution is 7.17. The molecule has 0 radical (unpaired) electrons. The number of thiazole rings is 1. The average Bonchev–Trinajstić information content (AvgIpc) is 3.02. The Kier molecular flexibility index (Phi) is 4.70. The molecule has 1 aromatic carbocycles. The Balaban J connectivity index is 1.55. The molecule has 1 atom stereocenters. The number of amides is 1. The van der Waals surface area contributed by atoms with E-state index in [1.807, 2.05) is 24.4 Å². The summed E-state index contributed by atoms with van der Waals surface area (Å²) in [7, 11) is 0. The van der Waals surface area contributed by atoms with E-state index in [-0.39, 0.29) is 17.8 Å². The van der Waals surface area contributed by atoms with E-state index >= 15 is 0 Å². The number of halogens is 1. The van der Waals surface area contributed by atoms with Crippen molar-refractivity contribution in [3.8, 4) is 5.75 Å². The Labute approximate surface area is 160 Å². The third kappa shape index (κ3) is 3.60. The normalized spacial score (nSPS) is 16.9. The number of aryl methyl sites for hydroxylation is 2. The van der Waals surface area contributed by atoms with Gasteiger partial charge in [0.15, 0.2) is 4.96 Å². The second kappa shape index (κ2) is 7.15. The van der Waals surface area contributed by atoms with Crippen LogP contribution in [0.4, 0.5) is 4.39 Å². The van der Waals surface area contributed by atoms with Crippen LogP contribution in [0.25, 0.3) is 11.0 Å². The van der Waals surface area contributed by atoms with Gasteiger partial charge < -0.3 is 10.1 Å². The number of carbonyl (C=O) groups is 1. The van der Waals surface area contributed by atoms with Crippen LogP contribution in [0.2, 0.25) is 0 Å². The Morgan fingerprint density at radius 2 is 2.30 bits per heavy atom. The molecule has 0 bridgehead atoms. The molecule has 1 amide bonds. The van der Waals surface area contributed by atoms with Gasteiger partial charge in [0.25, 0.3) is 0 Å². The molecule has 0 spiro atoms. The second-order valence-electron chi connectivity index (χ2n) is 6.64. The Bertz CT molecular complexity index is 1040. The lowest BCUT2D eigenvalue weighted by molar-refractivity contribution is -0.117. The van der Waals surface area contributed by atoms with E-state index in [9.17, 15) is 9.18 Å². The van der Waals surface area contributed by atoms with Gasteiger partial charge in [-0.3, -0.25) is 9.20 Å². The van der Waals surface area contributed by atoms with Crippen molar-refractivity contribution in [1.29, 1.82) is 0 Å². The first-order chi connectivity index (χ1) is 13.0. The van der Waals surface area contributed by atoms with Crippen molar-refractivity contribution in [2.75, 3.05) is 6.61 Å². The molecule has 1 unspecified atom stereocenters. The summed E-state index contributed by atoms with van der Waals surface area (Å²) in [6.45, 7) is 4.51. The topological polar surface area (TPSA) is 55.6 Å². The highest BCUT2D eigenvalue weighted by Crippen LogP contribution is 2.32. The van der Waals surface area contributed by atoms with Gasteiger partial charge in [0, 0.05) is 22.7 Å². The number of hydrogen-bond acceptors (Lipinski definition) is 4. The maximum Gasteiger partial charge on any atom is 0.244 e. The van der Waals surface area contributed by atoms with Gasteiger partial charge in [0.05, 0.1) is 24.0 Å². The summed E-state index contributed by atoms with van der Waals surface area (Å²) < 4.78 is 21.3. The van der Waals surface area contributed by atoms with Crippen LogP contribution in [-0.2, 0) is 4.79 Å². The minimum Gasteiger partial charge on any atom is -0.493 e. The zero-order valence-electron chi connectivity index (χ0n) is 15.2. The third-order valence-electron chi connectivity index (χ3n) is 4.61. The summed E-state index contributed by atoms with van der Waals surface area (Å²) in [5.74, 6) is 0.0721. The van der Waals surface area contributed by atoms with Crippen molar-refractivity contribution in [2.24, 2.45) is 0 Å². The highest BCUT2D eigenvalue weighted by atomic mass is 32.1. The number of imidazole rings is 1. The van der Waals surface area contributed by atoms with E-state index in [4.69, 9.17) is 4.74 Å². The van der Waals surface area contributed by atoms with Crippen LogP contribution in [0.5, 0.6) is 5.75 Å². The number of rotatable bonds is 3. The van der Waals surface area contributed by atoms with Crippen molar-refractivity contribution in [3.63, 3.8) is 0 Å². The number of nitrogens with zero attached hydrogens (tertiary/aromatic N) is 2. The molecule has 5 nitrogen and oxygen atoms in total. The number of benzene rings is 1. The van der Waals surface area contributed by atoms with Gasteiger partial charge in [0.1, 0.15) is 11.6 Å². The molecule has 1 aliphatic rings. The van der Waals surface area contributed by atoms with Gasteiger partial charge >= 0.3 is 0 Å². The average molecular weight is 385 g/mol. The van der Waals surface area contributed by atoms with Crippen LogP contribution in [0.15, 0.2) is 30.5 Å². The van der Waals surface area contributed by atoms with Gasteiger partial charge in [-0.15, -0.1) is 11.3 Å². The molecular formula is C20H20FN3O2S. The summed E-state index contributed by atoms with van der Waals surface area (Å²) in [6, 6.07) is 4.16. The minimum absolute atomic E-state index is 0.224. The minimum atomic E-state index is -0.334. The maximum atomic E-state index is 13.7. The van der Waals surface area contributed by atoms with Crippen LogP contribution in [0.3, 0.4) is 0 Å². The first-order valence-corrected chi connectivity index (χ1v) is 9.69. The van der Waals surface area contributed by atoms with Gasteiger partial charge in [-0.1, -0.05) is 0 Å². The summed E-state index contributed by atoms with van der Waals surface area (Å²) >= 11 is 1.61. The van der Waals surface area contributed by atoms with Crippen LogP contribution in [0.1, 0.15) is 40.7 Å². The van der Waals surface area contributed by atoms with Crippen molar-refractivity contribution >= 4 is 28.3 Å². The summed E-state index contributed by atoms with van der Waals surface area (Å²) in [4.78, 5) is 19.1. The fourth-order valence-corrected chi connectivity index (χ4v) is 4.23. The van der Waals surface area contributed by atoms with Crippen LogP contribution in [0, 0.1) is 19.7 Å².